The topological polar surface area (TPSA) is 35.5 Å². The number of hydrogen-bond acceptors (Lipinski definition) is 3. The largest absolute Gasteiger partial charge is 0.396 e. The second-order valence-corrected chi connectivity index (χ2v) is 4.73. The Bertz CT molecular complexity index is 160. The Kier molecular flexibility index (Phi) is 6.22. The van der Waals surface area contributed by atoms with Gasteiger partial charge in [-0.25, -0.2) is 0 Å². The van der Waals surface area contributed by atoms with Crippen molar-refractivity contribution in [2.75, 3.05) is 26.7 Å². The van der Waals surface area contributed by atoms with Gasteiger partial charge < -0.3 is 10.4 Å². The van der Waals surface area contributed by atoms with Gasteiger partial charge in [-0.1, -0.05) is 0 Å². The number of nitrogens with zero attached hydrogens (tertiary/aromatic N) is 1. The van der Waals surface area contributed by atoms with Crippen molar-refractivity contribution in [2.45, 2.75) is 51.1 Å². The summed E-state index contributed by atoms with van der Waals surface area (Å²) in [6, 6.07) is 1.51. The van der Waals surface area contributed by atoms with Crippen LogP contribution < -0.4 is 5.32 Å². The molecule has 1 saturated carbocycles. The molecule has 0 bridgehead atoms. The van der Waals surface area contributed by atoms with E-state index in [1.807, 2.05) is 0 Å². The maximum atomic E-state index is 8.62. The molecule has 1 fully saturated rings. The first-order valence-electron chi connectivity index (χ1n) is 6.29. The normalized spacial score (nSPS) is 18.4. The minimum absolute atomic E-state index is 0.334. The van der Waals surface area contributed by atoms with Crippen LogP contribution in [0.5, 0.6) is 0 Å². The average Bonchev–Trinajstić information content (AvgIpc) is 3.05. The first kappa shape index (κ1) is 12.9. The second kappa shape index (κ2) is 7.20. The third-order valence-corrected chi connectivity index (χ3v) is 3.27. The molecule has 1 rings (SSSR count). The summed E-state index contributed by atoms with van der Waals surface area (Å²) in [6.07, 6.45) is 6.03. The van der Waals surface area contributed by atoms with E-state index in [1.165, 1.54) is 19.3 Å². The van der Waals surface area contributed by atoms with Crippen LogP contribution in [0.3, 0.4) is 0 Å². The molecule has 0 saturated heterocycles. The zero-order valence-electron chi connectivity index (χ0n) is 10.2. The van der Waals surface area contributed by atoms with E-state index in [4.69, 9.17) is 5.11 Å². The van der Waals surface area contributed by atoms with Crippen molar-refractivity contribution in [1.29, 1.82) is 0 Å². The molecule has 90 valence electrons. The van der Waals surface area contributed by atoms with Crippen molar-refractivity contribution in [3.63, 3.8) is 0 Å². The minimum atomic E-state index is 0.334. The molecule has 1 aliphatic carbocycles. The third-order valence-electron chi connectivity index (χ3n) is 3.27. The van der Waals surface area contributed by atoms with E-state index in [1.54, 1.807) is 0 Å². The maximum absolute atomic E-state index is 8.62. The van der Waals surface area contributed by atoms with Gasteiger partial charge in [-0.15, -0.1) is 0 Å². The van der Waals surface area contributed by atoms with Crippen LogP contribution in [-0.2, 0) is 0 Å². The lowest BCUT2D eigenvalue weighted by Crippen LogP contribution is -2.39. The smallest absolute Gasteiger partial charge is 0.0431 e. The van der Waals surface area contributed by atoms with E-state index in [-0.39, 0.29) is 0 Å². The summed E-state index contributed by atoms with van der Waals surface area (Å²) in [4.78, 5) is 2.49. The van der Waals surface area contributed by atoms with Gasteiger partial charge in [-0.05, 0) is 52.6 Å². The summed E-state index contributed by atoms with van der Waals surface area (Å²) in [5, 5.41) is 12.1. The van der Waals surface area contributed by atoms with Crippen LogP contribution >= 0.6 is 0 Å². The van der Waals surface area contributed by atoms with Crippen molar-refractivity contribution in [1.82, 2.24) is 10.2 Å². The van der Waals surface area contributed by atoms with Crippen molar-refractivity contribution < 1.29 is 5.11 Å². The molecule has 0 aromatic carbocycles. The van der Waals surface area contributed by atoms with Gasteiger partial charge in [0, 0.05) is 25.2 Å². The van der Waals surface area contributed by atoms with Gasteiger partial charge in [0.05, 0.1) is 0 Å². The van der Waals surface area contributed by atoms with Crippen molar-refractivity contribution in [3.8, 4) is 0 Å². The standard InChI is InChI=1S/C12H26N2O/c1-11(14(2)12-6-7-12)10-13-8-4-3-5-9-15/h11-13,15H,3-10H2,1-2H3. The maximum Gasteiger partial charge on any atom is 0.0431 e. The first-order chi connectivity index (χ1) is 7.25. The van der Waals surface area contributed by atoms with Crippen LogP contribution in [0, 0.1) is 0 Å². The number of rotatable bonds is 9. The summed E-state index contributed by atoms with van der Waals surface area (Å²) in [7, 11) is 2.23. The van der Waals surface area contributed by atoms with E-state index in [0.717, 1.165) is 32.0 Å². The molecule has 3 nitrogen and oxygen atoms in total. The Balaban J connectivity index is 1.89. The number of likely N-dealkylation sites (N-methyl/N-ethyl adjacent to an activating group) is 1. The molecule has 1 unspecified atom stereocenters. The molecule has 2 N–H and O–H groups in total. The van der Waals surface area contributed by atoms with Crippen LogP contribution in [0.25, 0.3) is 0 Å². The zero-order valence-corrected chi connectivity index (χ0v) is 10.2. The molecule has 0 aliphatic heterocycles. The van der Waals surface area contributed by atoms with E-state index in [2.05, 4.69) is 24.2 Å². The zero-order chi connectivity index (χ0) is 11.1. The molecule has 0 aromatic rings. The first-order valence-corrected chi connectivity index (χ1v) is 6.29. The lowest BCUT2D eigenvalue weighted by Gasteiger charge is -2.24. The van der Waals surface area contributed by atoms with Crippen LogP contribution in [0.2, 0.25) is 0 Å². The van der Waals surface area contributed by atoms with E-state index in [0.29, 0.717) is 12.6 Å². The number of aliphatic hydroxyl groups excluding tert-OH is 1. The molecule has 0 aromatic heterocycles. The summed E-state index contributed by atoms with van der Waals surface area (Å²) in [5.74, 6) is 0. The number of nitrogens with one attached hydrogen (secondary N) is 1. The van der Waals surface area contributed by atoms with Crippen LogP contribution in [0.15, 0.2) is 0 Å². The number of unbranched alkanes of at least 4 members (excludes halogenated alkanes) is 2. The lowest BCUT2D eigenvalue weighted by molar-refractivity contribution is 0.240. The molecule has 3 heteroatoms. The predicted molar refractivity (Wildman–Crippen MR) is 64.1 cm³/mol. The average molecular weight is 214 g/mol. The highest BCUT2D eigenvalue weighted by atomic mass is 16.2. The van der Waals surface area contributed by atoms with Crippen LogP contribution in [-0.4, -0.2) is 48.8 Å². The molecular weight excluding hydrogens is 188 g/mol. The van der Waals surface area contributed by atoms with Crippen molar-refractivity contribution in [2.24, 2.45) is 0 Å². The minimum Gasteiger partial charge on any atom is -0.396 e. The second-order valence-electron chi connectivity index (χ2n) is 4.73. The van der Waals surface area contributed by atoms with Gasteiger partial charge >= 0.3 is 0 Å². The molecule has 0 heterocycles. The Hall–Kier alpha value is -0.120. The van der Waals surface area contributed by atoms with Gasteiger partial charge in [0.25, 0.3) is 0 Å². The molecule has 0 amide bonds. The SMILES string of the molecule is CC(CNCCCCCO)N(C)C1CC1. The third kappa shape index (κ3) is 5.50. The Labute approximate surface area is 93.9 Å². The van der Waals surface area contributed by atoms with E-state index < -0.39 is 0 Å². The summed E-state index contributed by atoms with van der Waals surface area (Å²) in [6.45, 7) is 4.80. The molecule has 15 heavy (non-hydrogen) atoms. The van der Waals surface area contributed by atoms with Crippen molar-refractivity contribution >= 4 is 0 Å². The van der Waals surface area contributed by atoms with Gasteiger partial charge in [0.1, 0.15) is 0 Å². The van der Waals surface area contributed by atoms with Gasteiger partial charge in [0.15, 0.2) is 0 Å². The number of aliphatic hydroxyl groups is 1. The molecule has 0 spiro atoms. The summed E-state index contributed by atoms with van der Waals surface area (Å²) in [5.41, 5.74) is 0. The molecule has 1 aliphatic rings. The highest BCUT2D eigenvalue weighted by Crippen LogP contribution is 2.26. The summed E-state index contributed by atoms with van der Waals surface area (Å²) >= 11 is 0. The monoisotopic (exact) mass is 214 g/mol. The van der Waals surface area contributed by atoms with Gasteiger partial charge in [-0.3, -0.25) is 4.90 Å². The quantitative estimate of drug-likeness (QED) is 0.567. The fourth-order valence-electron chi connectivity index (χ4n) is 1.84. The van der Waals surface area contributed by atoms with Crippen LogP contribution in [0.4, 0.5) is 0 Å². The number of hydrogen-bond donors (Lipinski definition) is 2. The van der Waals surface area contributed by atoms with E-state index in [9.17, 15) is 0 Å². The highest BCUT2D eigenvalue weighted by Gasteiger charge is 2.28. The molecular formula is C12H26N2O. The van der Waals surface area contributed by atoms with Crippen molar-refractivity contribution in [3.05, 3.63) is 0 Å². The van der Waals surface area contributed by atoms with E-state index >= 15 is 0 Å². The molecule has 1 atom stereocenters. The highest BCUT2D eigenvalue weighted by molar-refractivity contribution is 4.85. The summed E-state index contributed by atoms with van der Waals surface area (Å²) < 4.78 is 0. The fourth-order valence-corrected chi connectivity index (χ4v) is 1.84. The Morgan fingerprint density at radius 3 is 2.67 bits per heavy atom. The molecule has 0 radical (unpaired) electrons. The Morgan fingerprint density at radius 1 is 1.33 bits per heavy atom. The van der Waals surface area contributed by atoms with Gasteiger partial charge in [0.2, 0.25) is 0 Å². The Morgan fingerprint density at radius 2 is 2.07 bits per heavy atom. The fraction of sp³-hybridized carbons (Fsp3) is 1.00. The lowest BCUT2D eigenvalue weighted by atomic mass is 10.2. The van der Waals surface area contributed by atoms with Gasteiger partial charge in [-0.2, -0.15) is 0 Å². The van der Waals surface area contributed by atoms with Crippen LogP contribution in [0.1, 0.15) is 39.0 Å². The predicted octanol–water partition coefficient (Wildman–Crippen LogP) is 1.22.